The highest BCUT2D eigenvalue weighted by molar-refractivity contribution is 5.80. The largest absolute Gasteiger partial charge is 0.481 e. The molecule has 96 valence electrons. The second-order valence-corrected chi connectivity index (χ2v) is 4.99. The molecule has 1 amide bonds. The Balaban J connectivity index is 1.77. The summed E-state index contributed by atoms with van der Waals surface area (Å²) in [5.41, 5.74) is 0. The molecular weight excluding hydrogens is 222 g/mol. The first kappa shape index (κ1) is 12.4. The van der Waals surface area contributed by atoms with Crippen LogP contribution in [0.2, 0.25) is 0 Å². The van der Waals surface area contributed by atoms with Gasteiger partial charge in [0, 0.05) is 26.1 Å². The second-order valence-electron chi connectivity index (χ2n) is 4.99. The average molecular weight is 241 g/mol. The third kappa shape index (κ3) is 2.60. The number of carbonyl (C=O) groups excluding carboxylic acids is 1. The van der Waals surface area contributed by atoms with Gasteiger partial charge in [-0.05, 0) is 25.7 Å². The zero-order valence-electron chi connectivity index (χ0n) is 10.1. The Morgan fingerprint density at radius 3 is 2.12 bits per heavy atom. The maximum absolute atomic E-state index is 12.0. The highest BCUT2D eigenvalue weighted by atomic mass is 16.5. The summed E-state index contributed by atoms with van der Waals surface area (Å²) in [6.07, 6.45) is 2.88. The number of hydrogen-bond donors (Lipinski definition) is 1. The molecule has 1 saturated carbocycles. The first-order valence-electron chi connectivity index (χ1n) is 6.16. The Morgan fingerprint density at radius 2 is 1.65 bits per heavy atom. The predicted octanol–water partition coefficient (Wildman–Crippen LogP) is 0.735. The molecule has 1 saturated heterocycles. The zero-order valence-corrected chi connectivity index (χ0v) is 10.1. The van der Waals surface area contributed by atoms with Crippen molar-refractivity contribution in [2.75, 3.05) is 20.2 Å². The zero-order chi connectivity index (χ0) is 12.4. The lowest BCUT2D eigenvalue weighted by atomic mass is 9.81. The first-order chi connectivity index (χ1) is 8.11. The fourth-order valence-electron chi connectivity index (χ4n) is 2.61. The lowest BCUT2D eigenvalue weighted by Gasteiger charge is -2.41. The van der Waals surface area contributed by atoms with Crippen molar-refractivity contribution in [1.29, 1.82) is 0 Å². The van der Waals surface area contributed by atoms with E-state index in [9.17, 15) is 9.59 Å². The van der Waals surface area contributed by atoms with Crippen LogP contribution in [0.5, 0.6) is 0 Å². The third-order valence-corrected chi connectivity index (χ3v) is 3.92. The fourth-order valence-corrected chi connectivity index (χ4v) is 2.61. The number of rotatable bonds is 3. The molecule has 1 N–H and O–H groups in total. The van der Waals surface area contributed by atoms with E-state index in [1.165, 1.54) is 0 Å². The topological polar surface area (TPSA) is 66.8 Å². The van der Waals surface area contributed by atoms with Crippen molar-refractivity contribution in [2.24, 2.45) is 11.8 Å². The van der Waals surface area contributed by atoms with Gasteiger partial charge in [0.1, 0.15) is 0 Å². The van der Waals surface area contributed by atoms with E-state index in [1.807, 2.05) is 4.90 Å². The van der Waals surface area contributed by atoms with Crippen LogP contribution in [0.4, 0.5) is 0 Å². The maximum atomic E-state index is 12.0. The normalized spacial score (nSPS) is 29.8. The summed E-state index contributed by atoms with van der Waals surface area (Å²) in [6, 6.07) is 0. The van der Waals surface area contributed by atoms with E-state index in [2.05, 4.69) is 0 Å². The summed E-state index contributed by atoms with van der Waals surface area (Å²) >= 11 is 0. The fraction of sp³-hybridized carbons (Fsp3) is 0.833. The van der Waals surface area contributed by atoms with Gasteiger partial charge in [0.2, 0.25) is 5.91 Å². The van der Waals surface area contributed by atoms with Crippen LogP contribution in [0.1, 0.15) is 25.7 Å². The van der Waals surface area contributed by atoms with Crippen molar-refractivity contribution >= 4 is 11.9 Å². The molecule has 0 atom stereocenters. The molecule has 5 heteroatoms. The summed E-state index contributed by atoms with van der Waals surface area (Å²) in [5.74, 6) is -0.757. The van der Waals surface area contributed by atoms with Gasteiger partial charge in [-0.2, -0.15) is 0 Å². The van der Waals surface area contributed by atoms with E-state index in [4.69, 9.17) is 9.84 Å². The lowest BCUT2D eigenvalue weighted by molar-refractivity contribution is -0.151. The van der Waals surface area contributed by atoms with Crippen molar-refractivity contribution in [1.82, 2.24) is 4.90 Å². The number of aliphatic carboxylic acids is 1. The summed E-state index contributed by atoms with van der Waals surface area (Å²) in [5, 5.41) is 8.88. The van der Waals surface area contributed by atoms with Crippen molar-refractivity contribution in [3.63, 3.8) is 0 Å². The Kier molecular flexibility index (Phi) is 3.66. The number of methoxy groups -OCH3 is 1. The molecule has 0 radical (unpaired) electrons. The highest BCUT2D eigenvalue weighted by Gasteiger charge is 2.37. The standard InChI is InChI=1S/C12H19NO4/c1-17-10-6-13(7-10)11(14)8-2-4-9(5-3-8)12(15)16/h8-10H,2-7H2,1H3,(H,15,16). The Morgan fingerprint density at radius 1 is 1.12 bits per heavy atom. The van der Waals surface area contributed by atoms with Gasteiger partial charge in [0.05, 0.1) is 12.0 Å². The number of carboxylic acids is 1. The molecule has 1 aliphatic carbocycles. The molecule has 2 rings (SSSR count). The number of likely N-dealkylation sites (tertiary alicyclic amines) is 1. The Bertz CT molecular complexity index is 304. The third-order valence-electron chi connectivity index (χ3n) is 3.92. The first-order valence-corrected chi connectivity index (χ1v) is 6.16. The van der Waals surface area contributed by atoms with Gasteiger partial charge in [-0.3, -0.25) is 9.59 Å². The maximum Gasteiger partial charge on any atom is 0.306 e. The van der Waals surface area contributed by atoms with Crippen LogP contribution >= 0.6 is 0 Å². The number of carbonyl (C=O) groups is 2. The molecule has 1 aliphatic heterocycles. The summed E-state index contributed by atoms with van der Waals surface area (Å²) in [6.45, 7) is 1.38. The van der Waals surface area contributed by atoms with Crippen LogP contribution in [-0.4, -0.2) is 48.2 Å². The van der Waals surface area contributed by atoms with E-state index in [-0.39, 0.29) is 23.8 Å². The molecule has 0 bridgehead atoms. The van der Waals surface area contributed by atoms with E-state index in [0.29, 0.717) is 38.8 Å². The van der Waals surface area contributed by atoms with Crippen molar-refractivity contribution in [3.8, 4) is 0 Å². The van der Waals surface area contributed by atoms with Crippen molar-refractivity contribution in [3.05, 3.63) is 0 Å². The number of carboxylic acid groups (broad SMARTS) is 1. The van der Waals surface area contributed by atoms with Gasteiger partial charge in [0.25, 0.3) is 0 Å². The van der Waals surface area contributed by atoms with Crippen LogP contribution in [-0.2, 0) is 14.3 Å². The van der Waals surface area contributed by atoms with Crippen molar-refractivity contribution < 1.29 is 19.4 Å². The van der Waals surface area contributed by atoms with Crippen LogP contribution < -0.4 is 0 Å². The van der Waals surface area contributed by atoms with E-state index < -0.39 is 5.97 Å². The minimum atomic E-state index is -0.723. The summed E-state index contributed by atoms with van der Waals surface area (Å²) in [7, 11) is 1.66. The molecular formula is C12H19NO4. The molecule has 0 unspecified atom stereocenters. The summed E-state index contributed by atoms with van der Waals surface area (Å²) in [4.78, 5) is 24.7. The highest BCUT2D eigenvalue weighted by Crippen LogP contribution is 2.31. The minimum Gasteiger partial charge on any atom is -0.481 e. The van der Waals surface area contributed by atoms with Crippen LogP contribution in [0.25, 0.3) is 0 Å². The van der Waals surface area contributed by atoms with Crippen LogP contribution in [0.15, 0.2) is 0 Å². The molecule has 5 nitrogen and oxygen atoms in total. The van der Waals surface area contributed by atoms with Gasteiger partial charge in [-0.1, -0.05) is 0 Å². The van der Waals surface area contributed by atoms with Gasteiger partial charge < -0.3 is 14.7 Å². The SMILES string of the molecule is COC1CN(C(=O)C2CCC(C(=O)O)CC2)C1. The van der Waals surface area contributed by atoms with Gasteiger partial charge >= 0.3 is 5.97 Å². The lowest BCUT2D eigenvalue weighted by Crippen LogP contribution is -2.56. The molecule has 0 spiro atoms. The molecule has 17 heavy (non-hydrogen) atoms. The number of nitrogens with zero attached hydrogens (tertiary/aromatic N) is 1. The van der Waals surface area contributed by atoms with Crippen molar-refractivity contribution in [2.45, 2.75) is 31.8 Å². The smallest absolute Gasteiger partial charge is 0.306 e. The molecule has 0 aromatic heterocycles. The van der Waals surface area contributed by atoms with Gasteiger partial charge in [0.15, 0.2) is 0 Å². The predicted molar refractivity (Wildman–Crippen MR) is 60.5 cm³/mol. The summed E-state index contributed by atoms with van der Waals surface area (Å²) < 4.78 is 5.13. The van der Waals surface area contributed by atoms with Crippen LogP contribution in [0.3, 0.4) is 0 Å². The molecule has 0 aromatic carbocycles. The van der Waals surface area contributed by atoms with E-state index in [0.717, 1.165) is 0 Å². The Labute approximate surface area is 101 Å². The molecule has 2 aliphatic rings. The molecule has 0 aromatic rings. The van der Waals surface area contributed by atoms with Crippen LogP contribution in [0, 0.1) is 11.8 Å². The quantitative estimate of drug-likeness (QED) is 0.791. The monoisotopic (exact) mass is 241 g/mol. The minimum absolute atomic E-state index is 0.0309. The number of ether oxygens (including phenoxy) is 1. The second kappa shape index (κ2) is 5.04. The molecule has 2 fully saturated rings. The Hall–Kier alpha value is -1.10. The number of hydrogen-bond acceptors (Lipinski definition) is 3. The average Bonchev–Trinajstić information content (AvgIpc) is 2.27. The van der Waals surface area contributed by atoms with E-state index in [1.54, 1.807) is 7.11 Å². The van der Waals surface area contributed by atoms with Gasteiger partial charge in [-0.25, -0.2) is 0 Å². The van der Waals surface area contributed by atoms with E-state index >= 15 is 0 Å². The number of amides is 1. The molecule has 1 heterocycles. The van der Waals surface area contributed by atoms with Gasteiger partial charge in [-0.15, -0.1) is 0 Å².